The van der Waals surface area contributed by atoms with Crippen molar-refractivity contribution >= 4 is 0 Å². The maximum absolute atomic E-state index is 13.3. The zero-order valence-electron chi connectivity index (χ0n) is 17.5. The molecular formula is C14H8F24O2. The molecule has 0 saturated heterocycles. The van der Waals surface area contributed by atoms with Crippen LogP contribution in [0.15, 0.2) is 0 Å². The fourth-order valence-electron chi connectivity index (χ4n) is 2.33. The summed E-state index contributed by atoms with van der Waals surface area (Å²) in [6.07, 6.45) is -53.7. The fourth-order valence-corrected chi connectivity index (χ4v) is 2.33. The van der Waals surface area contributed by atoms with Crippen molar-refractivity contribution in [2.24, 2.45) is 0 Å². The lowest BCUT2D eigenvalue weighted by atomic mass is 9.81. The summed E-state index contributed by atoms with van der Waals surface area (Å²) in [5.74, 6) is 0. The number of rotatable bonds is 6. The Morgan fingerprint density at radius 3 is 0.800 bits per heavy atom. The van der Waals surface area contributed by atoms with Crippen molar-refractivity contribution in [3.05, 3.63) is 0 Å². The fraction of sp³-hybridized carbons (Fsp3) is 1.00. The molecular weight excluding hydrogens is 656 g/mol. The van der Waals surface area contributed by atoms with Crippen LogP contribution in [0.4, 0.5) is 105 Å². The van der Waals surface area contributed by atoms with Crippen LogP contribution < -0.4 is 0 Å². The van der Waals surface area contributed by atoms with Crippen molar-refractivity contribution in [2.75, 3.05) is 13.2 Å². The zero-order valence-corrected chi connectivity index (χ0v) is 17.5. The first-order valence-corrected chi connectivity index (χ1v) is 8.59. The Balaban J connectivity index is 0. The van der Waals surface area contributed by atoms with E-state index in [2.05, 4.69) is 0 Å². The predicted molar refractivity (Wildman–Crippen MR) is 75.6 cm³/mol. The Morgan fingerprint density at radius 1 is 0.375 bits per heavy atom. The molecule has 26 heteroatoms. The highest BCUT2D eigenvalue weighted by molar-refractivity contribution is 5.15. The molecule has 0 aliphatic carbocycles. The van der Waals surface area contributed by atoms with Crippen molar-refractivity contribution in [1.82, 2.24) is 0 Å². The van der Waals surface area contributed by atoms with Gasteiger partial charge in [-0.15, -0.1) is 0 Å². The molecule has 0 radical (unpaired) electrons. The summed E-state index contributed by atoms with van der Waals surface area (Å²) in [4.78, 5) is 0. The lowest BCUT2D eigenvalue weighted by Crippen LogP contribution is -2.72. The first kappa shape index (κ1) is 40.4. The Hall–Kier alpha value is -1.76. The van der Waals surface area contributed by atoms with Crippen molar-refractivity contribution in [1.29, 1.82) is 0 Å². The molecule has 0 heterocycles. The van der Waals surface area contributed by atoms with Gasteiger partial charge in [0.25, 0.3) is 5.67 Å². The molecule has 0 aliphatic heterocycles. The van der Waals surface area contributed by atoms with E-state index in [0.717, 1.165) is 0 Å². The second-order valence-electron chi connectivity index (χ2n) is 7.17. The van der Waals surface area contributed by atoms with Gasteiger partial charge in [0.15, 0.2) is 6.17 Å². The standard InChI is InChI=1S/2C7H4F12O/c8-2(4(10,11)12)3(9,1-20)5(13,6(14,15)16)7(17,18)19;8-2(3(9,1-20)5(11,12)13)4(10,6(14,15)16)7(17,18)19/h2*2,20H,1H2. The van der Waals surface area contributed by atoms with Crippen molar-refractivity contribution in [3.8, 4) is 0 Å². The Kier molecular flexibility index (Phi) is 11.3. The van der Waals surface area contributed by atoms with Crippen LogP contribution in [-0.4, -0.2) is 95.5 Å². The number of hydrogen-bond acceptors (Lipinski definition) is 2. The zero-order chi connectivity index (χ0) is 33.6. The molecule has 0 rings (SSSR count). The molecule has 0 aromatic heterocycles. The van der Waals surface area contributed by atoms with Crippen LogP contribution in [0.5, 0.6) is 0 Å². The van der Waals surface area contributed by atoms with Crippen molar-refractivity contribution in [3.63, 3.8) is 0 Å². The van der Waals surface area contributed by atoms with E-state index < -0.39 is 85.3 Å². The summed E-state index contributed by atoms with van der Waals surface area (Å²) in [5, 5.41) is 16.0. The molecule has 0 spiro atoms. The van der Waals surface area contributed by atoms with Gasteiger partial charge in [0.05, 0.1) is 13.2 Å². The molecule has 0 saturated carbocycles. The van der Waals surface area contributed by atoms with Crippen LogP contribution in [0.25, 0.3) is 0 Å². The molecule has 0 amide bonds. The molecule has 0 aromatic carbocycles. The lowest BCUT2D eigenvalue weighted by Gasteiger charge is -2.41. The van der Waals surface area contributed by atoms with Gasteiger partial charge < -0.3 is 10.2 Å². The van der Waals surface area contributed by atoms with Crippen molar-refractivity contribution in [2.45, 2.75) is 72.1 Å². The van der Waals surface area contributed by atoms with Crippen LogP contribution in [0.2, 0.25) is 0 Å². The molecule has 2 N–H and O–H groups in total. The third-order valence-corrected chi connectivity index (χ3v) is 4.55. The molecule has 4 atom stereocenters. The van der Waals surface area contributed by atoms with E-state index in [1.807, 2.05) is 0 Å². The Labute approximate surface area is 202 Å². The Morgan fingerprint density at radius 2 is 0.650 bits per heavy atom. The summed E-state index contributed by atoms with van der Waals surface area (Å²) >= 11 is 0. The monoisotopic (exact) mass is 664 g/mol. The number of aliphatic hydroxyl groups is 2. The van der Waals surface area contributed by atoms with E-state index in [0.29, 0.717) is 0 Å². The van der Waals surface area contributed by atoms with E-state index >= 15 is 0 Å². The number of alkyl halides is 24. The van der Waals surface area contributed by atoms with Crippen LogP contribution in [-0.2, 0) is 0 Å². The molecule has 0 fully saturated rings. The minimum atomic E-state index is -7.29. The lowest BCUT2D eigenvalue weighted by molar-refractivity contribution is -0.397. The second-order valence-corrected chi connectivity index (χ2v) is 7.17. The molecule has 0 aromatic rings. The summed E-state index contributed by atoms with van der Waals surface area (Å²) < 4.78 is 293. The molecule has 2 nitrogen and oxygen atoms in total. The van der Waals surface area contributed by atoms with E-state index in [1.165, 1.54) is 0 Å². The summed E-state index contributed by atoms with van der Waals surface area (Å²) in [6.45, 7) is -6.52. The van der Waals surface area contributed by atoms with Gasteiger partial charge in [-0.1, -0.05) is 0 Å². The van der Waals surface area contributed by atoms with Crippen LogP contribution >= 0.6 is 0 Å². The Bertz CT molecular complexity index is 786. The molecule has 40 heavy (non-hydrogen) atoms. The van der Waals surface area contributed by atoms with E-state index in [4.69, 9.17) is 10.2 Å². The van der Waals surface area contributed by atoms with E-state index in [1.54, 1.807) is 0 Å². The quantitative estimate of drug-likeness (QED) is 0.306. The van der Waals surface area contributed by atoms with Gasteiger partial charge in [0.1, 0.15) is 0 Å². The average molecular weight is 664 g/mol. The van der Waals surface area contributed by atoms with Gasteiger partial charge in [-0.05, 0) is 0 Å². The van der Waals surface area contributed by atoms with Crippen LogP contribution in [0, 0.1) is 0 Å². The highest BCUT2D eigenvalue weighted by atomic mass is 19.4. The minimum Gasteiger partial charge on any atom is -0.393 e. The van der Waals surface area contributed by atoms with Gasteiger partial charge in [-0.2, -0.15) is 79.0 Å². The minimum absolute atomic E-state index is 3.17. The van der Waals surface area contributed by atoms with E-state index in [9.17, 15) is 105 Å². The highest BCUT2D eigenvalue weighted by Crippen LogP contribution is 2.57. The first-order chi connectivity index (χ1) is 16.9. The summed E-state index contributed by atoms with van der Waals surface area (Å²) in [6, 6.07) is 0. The molecule has 0 aliphatic rings. The van der Waals surface area contributed by atoms with Gasteiger partial charge in [0, 0.05) is 0 Å². The second kappa shape index (κ2) is 11.1. The number of aliphatic hydroxyl groups excluding tert-OH is 2. The third kappa shape index (κ3) is 6.65. The van der Waals surface area contributed by atoms with Gasteiger partial charge in [-0.25, -0.2) is 26.3 Å². The maximum atomic E-state index is 13.3. The normalized spacial score (nSPS) is 19.6. The number of hydrogen-bond donors (Lipinski definition) is 2. The van der Waals surface area contributed by atoms with Gasteiger partial charge in [0.2, 0.25) is 11.8 Å². The SMILES string of the molecule is OCC(F)(C(F)C(F)(C(F)(F)F)C(F)(F)F)C(F)(F)F.OCC(F)(C(F)C(F)(F)F)C(F)(C(F)(F)F)C(F)(F)F. The van der Waals surface area contributed by atoms with Gasteiger partial charge in [-0.3, -0.25) is 0 Å². The smallest absolute Gasteiger partial charge is 0.393 e. The topological polar surface area (TPSA) is 40.5 Å². The number of halogens is 24. The molecule has 4 unspecified atom stereocenters. The maximum Gasteiger partial charge on any atom is 0.435 e. The van der Waals surface area contributed by atoms with Crippen LogP contribution in [0.3, 0.4) is 0 Å². The van der Waals surface area contributed by atoms with E-state index in [-0.39, 0.29) is 0 Å². The van der Waals surface area contributed by atoms with Gasteiger partial charge >= 0.3 is 48.4 Å². The first-order valence-electron chi connectivity index (χ1n) is 8.59. The largest absolute Gasteiger partial charge is 0.435 e. The van der Waals surface area contributed by atoms with Crippen LogP contribution in [0.1, 0.15) is 0 Å². The predicted octanol–water partition coefficient (Wildman–Crippen LogP) is 6.84. The summed E-state index contributed by atoms with van der Waals surface area (Å²) in [5.41, 5.74) is -26.8. The highest BCUT2D eigenvalue weighted by Gasteiger charge is 2.87. The third-order valence-electron chi connectivity index (χ3n) is 4.55. The molecule has 0 bridgehead atoms. The molecule has 244 valence electrons. The summed E-state index contributed by atoms with van der Waals surface area (Å²) in [7, 11) is 0. The average Bonchev–Trinajstić information content (AvgIpc) is 2.71. The van der Waals surface area contributed by atoms with Crippen molar-refractivity contribution < 1.29 is 116 Å².